The molecule has 0 N–H and O–H groups in total. The second-order valence-corrected chi connectivity index (χ2v) is 20.6. The summed E-state index contributed by atoms with van der Waals surface area (Å²) in [6.45, 7) is 7.85. The molecule has 0 rings (SSSR count). The molecule has 0 aliphatic heterocycles. The topological polar surface area (TPSA) is 61.8 Å². The molecule has 0 aromatic rings. The molecule has 0 radical (unpaired) electrons. The van der Waals surface area contributed by atoms with E-state index in [9.17, 15) is 9.59 Å². The maximum Gasteiger partial charge on any atom is 0.306 e. The summed E-state index contributed by atoms with van der Waals surface area (Å²) in [6.07, 6.45) is 73.2. The number of hydrogen-bond donors (Lipinski definition) is 0. The molecule has 400 valence electrons. The number of allylic oxidation sites excluding steroid dienone is 6. The zero-order valence-corrected chi connectivity index (χ0v) is 46.1. The Labute approximate surface area is 425 Å². The molecular formula is C63H118O5. The van der Waals surface area contributed by atoms with E-state index in [1.807, 2.05) is 0 Å². The van der Waals surface area contributed by atoms with Crippen molar-refractivity contribution >= 4 is 11.9 Å². The van der Waals surface area contributed by atoms with E-state index in [2.05, 4.69) is 57.2 Å². The Morgan fingerprint density at radius 3 is 1.01 bits per heavy atom. The minimum atomic E-state index is -0.540. The fourth-order valence-corrected chi connectivity index (χ4v) is 9.07. The maximum absolute atomic E-state index is 12.9. The predicted molar refractivity (Wildman–Crippen MR) is 298 cm³/mol. The van der Waals surface area contributed by atoms with Crippen LogP contribution in [-0.4, -0.2) is 37.9 Å². The molecule has 0 bridgehead atoms. The van der Waals surface area contributed by atoms with Gasteiger partial charge in [-0.25, -0.2) is 0 Å². The molecular weight excluding hydrogens is 837 g/mol. The van der Waals surface area contributed by atoms with E-state index >= 15 is 0 Å². The van der Waals surface area contributed by atoms with Crippen molar-refractivity contribution in [2.45, 2.75) is 335 Å². The largest absolute Gasteiger partial charge is 0.462 e. The first-order valence-electron chi connectivity index (χ1n) is 30.5. The summed E-state index contributed by atoms with van der Waals surface area (Å²) < 4.78 is 17.5. The molecule has 5 nitrogen and oxygen atoms in total. The second kappa shape index (κ2) is 59.4. The molecule has 0 aliphatic carbocycles. The summed E-state index contributed by atoms with van der Waals surface area (Å²) >= 11 is 0. The summed E-state index contributed by atoms with van der Waals surface area (Å²) in [4.78, 5) is 25.5. The third kappa shape index (κ3) is 56.7. The average molecular weight is 956 g/mol. The first-order valence-corrected chi connectivity index (χ1v) is 30.5. The Hall–Kier alpha value is -1.88. The highest BCUT2D eigenvalue weighted by molar-refractivity contribution is 5.70. The van der Waals surface area contributed by atoms with Gasteiger partial charge in [-0.15, -0.1) is 0 Å². The molecule has 0 aliphatic rings. The molecule has 0 aromatic heterocycles. The highest BCUT2D eigenvalue weighted by atomic mass is 16.6. The van der Waals surface area contributed by atoms with E-state index < -0.39 is 6.10 Å². The van der Waals surface area contributed by atoms with Gasteiger partial charge in [-0.05, 0) is 77.0 Å². The summed E-state index contributed by atoms with van der Waals surface area (Å²) in [5.74, 6) is -0.396. The monoisotopic (exact) mass is 955 g/mol. The molecule has 1 unspecified atom stereocenters. The van der Waals surface area contributed by atoms with Crippen LogP contribution >= 0.6 is 0 Å². The van der Waals surface area contributed by atoms with Crippen molar-refractivity contribution in [1.82, 2.24) is 0 Å². The van der Waals surface area contributed by atoms with Gasteiger partial charge in [0.05, 0.1) is 6.61 Å². The van der Waals surface area contributed by atoms with Gasteiger partial charge in [0.2, 0.25) is 0 Å². The minimum Gasteiger partial charge on any atom is -0.462 e. The van der Waals surface area contributed by atoms with Gasteiger partial charge < -0.3 is 14.2 Å². The Bertz CT molecular complexity index is 1080. The third-order valence-corrected chi connectivity index (χ3v) is 13.6. The van der Waals surface area contributed by atoms with E-state index in [1.54, 1.807) is 0 Å². The minimum absolute atomic E-state index is 0.0832. The first kappa shape index (κ1) is 66.1. The van der Waals surface area contributed by atoms with Crippen molar-refractivity contribution in [2.24, 2.45) is 0 Å². The number of rotatable bonds is 57. The van der Waals surface area contributed by atoms with Gasteiger partial charge in [-0.3, -0.25) is 9.59 Å². The lowest BCUT2D eigenvalue weighted by atomic mass is 10.0. The molecule has 0 saturated carbocycles. The Balaban J connectivity index is 4.23. The summed E-state index contributed by atoms with van der Waals surface area (Å²) in [5, 5.41) is 0. The summed E-state index contributed by atoms with van der Waals surface area (Å²) in [7, 11) is 0. The van der Waals surface area contributed by atoms with Gasteiger partial charge in [0.25, 0.3) is 0 Å². The van der Waals surface area contributed by atoms with Gasteiger partial charge >= 0.3 is 11.9 Å². The molecule has 0 aromatic carbocycles. The quantitative estimate of drug-likeness (QED) is 0.0345. The smallest absolute Gasteiger partial charge is 0.306 e. The van der Waals surface area contributed by atoms with Crippen molar-refractivity contribution in [3.8, 4) is 0 Å². The van der Waals surface area contributed by atoms with E-state index in [-0.39, 0.29) is 25.2 Å². The molecule has 1 atom stereocenters. The second-order valence-electron chi connectivity index (χ2n) is 20.6. The lowest BCUT2D eigenvalue weighted by Gasteiger charge is -2.18. The van der Waals surface area contributed by atoms with E-state index in [4.69, 9.17) is 14.2 Å². The number of esters is 2. The van der Waals surface area contributed by atoms with E-state index in [1.165, 1.54) is 238 Å². The van der Waals surface area contributed by atoms with Crippen LogP contribution in [0.3, 0.4) is 0 Å². The molecule has 68 heavy (non-hydrogen) atoms. The fraction of sp³-hybridized carbons (Fsp3) is 0.873. The van der Waals surface area contributed by atoms with Gasteiger partial charge in [0.1, 0.15) is 6.61 Å². The Morgan fingerprint density at radius 2 is 0.618 bits per heavy atom. The Kier molecular flexibility index (Phi) is 57.8. The Morgan fingerprint density at radius 1 is 0.324 bits per heavy atom. The molecule has 0 amide bonds. The SMILES string of the molecule is CCCCC/C=C\C/C=C\CCCCCCCCCC(=O)OCC(COCCCCCCCCCCCCCCCCCCCCCC)OC(=O)CCCCCCC/C=C\CCCCCCCC. The van der Waals surface area contributed by atoms with E-state index in [0.29, 0.717) is 19.4 Å². The molecule has 5 heteroatoms. The number of carbonyl (C=O) groups excluding carboxylic acids is 2. The van der Waals surface area contributed by atoms with Gasteiger partial charge in [-0.2, -0.15) is 0 Å². The maximum atomic E-state index is 12.9. The summed E-state index contributed by atoms with van der Waals surface area (Å²) in [5.41, 5.74) is 0. The number of ether oxygens (including phenoxy) is 3. The van der Waals surface area contributed by atoms with E-state index in [0.717, 1.165) is 57.8 Å². The lowest BCUT2D eigenvalue weighted by molar-refractivity contribution is -0.163. The lowest BCUT2D eigenvalue weighted by Crippen LogP contribution is -2.30. The van der Waals surface area contributed by atoms with Crippen LogP contribution in [0.5, 0.6) is 0 Å². The number of unbranched alkanes of at least 4 members (excludes halogenated alkanes) is 40. The number of hydrogen-bond acceptors (Lipinski definition) is 5. The highest BCUT2D eigenvalue weighted by Crippen LogP contribution is 2.17. The summed E-state index contributed by atoms with van der Waals surface area (Å²) in [6, 6.07) is 0. The number of carbonyl (C=O) groups is 2. The fourth-order valence-electron chi connectivity index (χ4n) is 9.07. The van der Waals surface area contributed by atoms with Crippen LogP contribution in [0.4, 0.5) is 0 Å². The standard InChI is InChI=1S/C63H118O5/c1-4-7-10-13-16-19-22-25-28-30-31-32-34-37-40-43-46-49-52-55-58-66-59-61(68-63(65)57-54-51-48-45-42-39-35-27-24-21-18-15-12-9-6-3)60-67-62(64)56-53-50-47-44-41-38-36-33-29-26-23-20-17-14-11-8-5-2/h17,20,26-27,29,35,61H,4-16,18-19,21-25,28,30-34,36-60H2,1-3H3/b20-17-,29-26-,35-27-. The van der Waals surface area contributed by atoms with Crippen LogP contribution in [0.1, 0.15) is 329 Å². The molecule has 0 heterocycles. The van der Waals surface area contributed by atoms with Crippen LogP contribution in [0.2, 0.25) is 0 Å². The zero-order valence-electron chi connectivity index (χ0n) is 46.1. The normalized spacial score (nSPS) is 12.3. The molecule has 0 fully saturated rings. The van der Waals surface area contributed by atoms with Crippen molar-refractivity contribution in [3.63, 3.8) is 0 Å². The highest BCUT2D eigenvalue weighted by Gasteiger charge is 2.17. The van der Waals surface area contributed by atoms with Crippen molar-refractivity contribution < 1.29 is 23.8 Å². The van der Waals surface area contributed by atoms with Gasteiger partial charge in [0.15, 0.2) is 6.10 Å². The first-order chi connectivity index (χ1) is 33.6. The van der Waals surface area contributed by atoms with Crippen molar-refractivity contribution in [3.05, 3.63) is 36.5 Å². The van der Waals surface area contributed by atoms with Gasteiger partial charge in [0, 0.05) is 19.4 Å². The average Bonchev–Trinajstić information content (AvgIpc) is 3.34. The van der Waals surface area contributed by atoms with Crippen LogP contribution in [-0.2, 0) is 23.8 Å². The van der Waals surface area contributed by atoms with Crippen LogP contribution in [0, 0.1) is 0 Å². The van der Waals surface area contributed by atoms with Crippen molar-refractivity contribution in [1.29, 1.82) is 0 Å². The van der Waals surface area contributed by atoms with Crippen LogP contribution < -0.4 is 0 Å². The van der Waals surface area contributed by atoms with Crippen LogP contribution in [0.15, 0.2) is 36.5 Å². The van der Waals surface area contributed by atoms with Crippen LogP contribution in [0.25, 0.3) is 0 Å². The van der Waals surface area contributed by atoms with Gasteiger partial charge in [-0.1, -0.05) is 276 Å². The molecule has 0 saturated heterocycles. The predicted octanol–water partition coefficient (Wildman–Crippen LogP) is 20.9. The molecule has 0 spiro atoms. The van der Waals surface area contributed by atoms with Crippen molar-refractivity contribution in [2.75, 3.05) is 19.8 Å². The zero-order chi connectivity index (χ0) is 49.2. The third-order valence-electron chi connectivity index (χ3n) is 13.6.